The summed E-state index contributed by atoms with van der Waals surface area (Å²) in [5, 5.41) is 23.6. The SMILES string of the molecule is C=CCn1cc(C(C)=NO)c2cc([N+](=O)[O-])ccc21. The number of aromatic nitrogens is 1. The zero-order valence-electron chi connectivity index (χ0n) is 10.4. The molecule has 0 amide bonds. The Labute approximate surface area is 109 Å². The first-order valence-corrected chi connectivity index (χ1v) is 5.65. The number of non-ortho nitro benzene ring substituents is 1. The van der Waals surface area contributed by atoms with E-state index in [-0.39, 0.29) is 5.69 Å². The Kier molecular flexibility index (Phi) is 3.33. The number of benzene rings is 1. The normalized spacial score (nSPS) is 11.7. The van der Waals surface area contributed by atoms with Gasteiger partial charge in [0.1, 0.15) is 0 Å². The number of nitro groups is 1. The molecule has 1 aromatic carbocycles. The first-order chi connectivity index (χ1) is 9.08. The molecule has 19 heavy (non-hydrogen) atoms. The number of hydrogen-bond donors (Lipinski definition) is 1. The molecule has 98 valence electrons. The summed E-state index contributed by atoms with van der Waals surface area (Å²) >= 11 is 0. The molecule has 0 radical (unpaired) electrons. The van der Waals surface area contributed by atoms with E-state index in [1.807, 2.05) is 4.57 Å². The van der Waals surface area contributed by atoms with Crippen LogP contribution in [0.25, 0.3) is 10.9 Å². The minimum absolute atomic E-state index is 0.0100. The molecular formula is C13H13N3O3. The van der Waals surface area contributed by atoms with Gasteiger partial charge in [-0.2, -0.15) is 0 Å². The van der Waals surface area contributed by atoms with E-state index in [9.17, 15) is 10.1 Å². The number of nitrogens with zero attached hydrogens (tertiary/aromatic N) is 3. The Hall–Kier alpha value is -2.63. The lowest BCUT2D eigenvalue weighted by molar-refractivity contribution is -0.384. The van der Waals surface area contributed by atoms with Gasteiger partial charge in [-0.25, -0.2) is 0 Å². The van der Waals surface area contributed by atoms with E-state index in [0.29, 0.717) is 23.2 Å². The molecule has 0 aliphatic heterocycles. The Balaban J connectivity index is 2.75. The van der Waals surface area contributed by atoms with Gasteiger partial charge in [-0.15, -0.1) is 6.58 Å². The van der Waals surface area contributed by atoms with Crippen LogP contribution in [0, 0.1) is 10.1 Å². The quantitative estimate of drug-likeness (QED) is 0.301. The zero-order valence-corrected chi connectivity index (χ0v) is 10.4. The van der Waals surface area contributed by atoms with Crippen LogP contribution in [-0.2, 0) is 6.54 Å². The van der Waals surface area contributed by atoms with E-state index in [2.05, 4.69) is 11.7 Å². The smallest absolute Gasteiger partial charge is 0.270 e. The van der Waals surface area contributed by atoms with Crippen LogP contribution in [-0.4, -0.2) is 20.4 Å². The van der Waals surface area contributed by atoms with Gasteiger partial charge < -0.3 is 9.77 Å². The van der Waals surface area contributed by atoms with Gasteiger partial charge in [-0.3, -0.25) is 10.1 Å². The minimum Gasteiger partial charge on any atom is -0.411 e. The molecule has 0 saturated heterocycles. The monoisotopic (exact) mass is 259 g/mol. The van der Waals surface area contributed by atoms with Gasteiger partial charge >= 0.3 is 0 Å². The number of rotatable bonds is 4. The summed E-state index contributed by atoms with van der Waals surface area (Å²) < 4.78 is 1.90. The third kappa shape index (κ3) is 2.20. The maximum absolute atomic E-state index is 10.8. The lowest BCUT2D eigenvalue weighted by Crippen LogP contribution is -1.94. The van der Waals surface area contributed by atoms with Crippen LogP contribution < -0.4 is 0 Å². The summed E-state index contributed by atoms with van der Waals surface area (Å²) in [6.45, 7) is 5.90. The number of hydrogen-bond acceptors (Lipinski definition) is 4. The lowest BCUT2D eigenvalue weighted by atomic mass is 10.1. The number of allylic oxidation sites excluding steroid dienone is 1. The van der Waals surface area contributed by atoms with Crippen molar-refractivity contribution < 1.29 is 10.1 Å². The van der Waals surface area contributed by atoms with E-state index >= 15 is 0 Å². The second kappa shape index (κ2) is 4.93. The molecule has 2 rings (SSSR count). The maximum atomic E-state index is 10.8. The van der Waals surface area contributed by atoms with Gasteiger partial charge in [0.15, 0.2) is 0 Å². The second-order valence-electron chi connectivity index (χ2n) is 4.13. The van der Waals surface area contributed by atoms with Crippen molar-refractivity contribution in [1.82, 2.24) is 4.57 Å². The van der Waals surface area contributed by atoms with Crippen molar-refractivity contribution in [2.24, 2.45) is 5.16 Å². The molecule has 1 aromatic heterocycles. The third-order valence-corrected chi connectivity index (χ3v) is 2.94. The van der Waals surface area contributed by atoms with Crippen molar-refractivity contribution >= 4 is 22.3 Å². The van der Waals surface area contributed by atoms with Gasteiger partial charge in [-0.05, 0) is 13.0 Å². The van der Waals surface area contributed by atoms with Crippen LogP contribution in [0.3, 0.4) is 0 Å². The standard InChI is InChI=1S/C13H13N3O3/c1-3-6-15-8-12(9(2)14-17)11-7-10(16(18)19)4-5-13(11)15/h3-5,7-8,17H,1,6H2,2H3. The van der Waals surface area contributed by atoms with Gasteiger partial charge in [-0.1, -0.05) is 11.2 Å². The average Bonchev–Trinajstić information content (AvgIpc) is 2.76. The van der Waals surface area contributed by atoms with E-state index < -0.39 is 4.92 Å². The average molecular weight is 259 g/mol. The summed E-state index contributed by atoms with van der Waals surface area (Å²) in [7, 11) is 0. The predicted molar refractivity (Wildman–Crippen MR) is 72.8 cm³/mol. The largest absolute Gasteiger partial charge is 0.411 e. The van der Waals surface area contributed by atoms with Crippen LogP contribution >= 0.6 is 0 Å². The van der Waals surface area contributed by atoms with E-state index in [0.717, 1.165) is 5.52 Å². The first-order valence-electron chi connectivity index (χ1n) is 5.65. The second-order valence-corrected chi connectivity index (χ2v) is 4.13. The molecule has 0 saturated carbocycles. The lowest BCUT2D eigenvalue weighted by Gasteiger charge is -2.00. The van der Waals surface area contributed by atoms with Crippen molar-refractivity contribution in [3.63, 3.8) is 0 Å². The molecule has 6 heteroatoms. The molecule has 0 spiro atoms. The summed E-state index contributed by atoms with van der Waals surface area (Å²) in [6.07, 6.45) is 3.53. The van der Waals surface area contributed by atoms with Crippen LogP contribution in [0.4, 0.5) is 5.69 Å². The molecule has 0 unspecified atom stereocenters. The fraction of sp³-hybridized carbons (Fsp3) is 0.154. The predicted octanol–water partition coefficient (Wildman–Crippen LogP) is 2.93. The van der Waals surface area contributed by atoms with Gasteiger partial charge in [0.25, 0.3) is 5.69 Å². The Morgan fingerprint density at radius 1 is 1.63 bits per heavy atom. The zero-order chi connectivity index (χ0) is 14.0. The van der Waals surface area contributed by atoms with Crippen LogP contribution in [0.2, 0.25) is 0 Å². The highest BCUT2D eigenvalue weighted by atomic mass is 16.6. The summed E-state index contributed by atoms with van der Waals surface area (Å²) in [6, 6.07) is 4.63. The Morgan fingerprint density at radius 3 is 2.95 bits per heavy atom. The van der Waals surface area contributed by atoms with E-state index in [1.54, 1.807) is 25.3 Å². The molecule has 0 aliphatic carbocycles. The number of nitro benzene ring substituents is 1. The Bertz CT molecular complexity index is 686. The van der Waals surface area contributed by atoms with Crippen molar-refractivity contribution in [2.45, 2.75) is 13.5 Å². The fourth-order valence-electron chi connectivity index (χ4n) is 2.03. The molecule has 2 aromatic rings. The first kappa shape index (κ1) is 12.8. The number of oxime groups is 1. The van der Waals surface area contributed by atoms with Crippen molar-refractivity contribution in [3.05, 3.63) is 52.7 Å². The van der Waals surface area contributed by atoms with Crippen LogP contribution in [0.5, 0.6) is 0 Å². The van der Waals surface area contributed by atoms with Gasteiger partial charge in [0, 0.05) is 41.3 Å². The molecular weight excluding hydrogens is 246 g/mol. The van der Waals surface area contributed by atoms with Crippen LogP contribution in [0.1, 0.15) is 12.5 Å². The Morgan fingerprint density at radius 2 is 2.37 bits per heavy atom. The maximum Gasteiger partial charge on any atom is 0.270 e. The van der Waals surface area contributed by atoms with Gasteiger partial charge in [0.05, 0.1) is 10.6 Å². The highest BCUT2D eigenvalue weighted by molar-refractivity contribution is 6.10. The topological polar surface area (TPSA) is 80.7 Å². The van der Waals surface area contributed by atoms with Crippen molar-refractivity contribution in [3.8, 4) is 0 Å². The summed E-state index contributed by atoms with van der Waals surface area (Å²) in [5.74, 6) is 0. The highest BCUT2D eigenvalue weighted by Crippen LogP contribution is 2.26. The fourth-order valence-corrected chi connectivity index (χ4v) is 2.03. The van der Waals surface area contributed by atoms with E-state index in [1.165, 1.54) is 12.1 Å². The minimum atomic E-state index is -0.445. The molecule has 1 N–H and O–H groups in total. The molecule has 6 nitrogen and oxygen atoms in total. The third-order valence-electron chi connectivity index (χ3n) is 2.94. The van der Waals surface area contributed by atoms with Crippen LogP contribution in [0.15, 0.2) is 42.2 Å². The van der Waals surface area contributed by atoms with E-state index in [4.69, 9.17) is 5.21 Å². The molecule has 0 fully saturated rings. The highest BCUT2D eigenvalue weighted by Gasteiger charge is 2.14. The molecule has 1 heterocycles. The summed E-state index contributed by atoms with van der Waals surface area (Å²) in [4.78, 5) is 10.4. The molecule has 0 bridgehead atoms. The molecule has 0 atom stereocenters. The van der Waals surface area contributed by atoms with Gasteiger partial charge in [0.2, 0.25) is 0 Å². The molecule has 0 aliphatic rings. The van der Waals surface area contributed by atoms with Crippen molar-refractivity contribution in [1.29, 1.82) is 0 Å². The van der Waals surface area contributed by atoms with Crippen molar-refractivity contribution in [2.75, 3.05) is 0 Å². The number of fused-ring (bicyclic) bond motifs is 1. The summed E-state index contributed by atoms with van der Waals surface area (Å²) in [5.41, 5.74) is 1.93.